The average molecular weight is 383 g/mol. The van der Waals surface area contributed by atoms with Crippen molar-refractivity contribution >= 4 is 39.7 Å². The van der Waals surface area contributed by atoms with Gasteiger partial charge in [0.15, 0.2) is 0 Å². The molecule has 0 aliphatic heterocycles. The van der Waals surface area contributed by atoms with E-state index in [9.17, 15) is 9.90 Å². The van der Waals surface area contributed by atoms with Crippen LogP contribution in [-0.2, 0) is 6.54 Å². The number of amides is 1. The Bertz CT molecular complexity index is 1090. The summed E-state index contributed by atoms with van der Waals surface area (Å²) in [6, 6.07) is 16.3. The van der Waals surface area contributed by atoms with Gasteiger partial charge in [-0.25, -0.2) is 0 Å². The molecule has 3 N–H and O–H groups in total. The number of fused-ring (bicyclic) bond motifs is 1. The van der Waals surface area contributed by atoms with Crippen LogP contribution in [-0.4, -0.2) is 16.0 Å². The van der Waals surface area contributed by atoms with Crippen LogP contribution in [0.25, 0.3) is 21.3 Å². The molecule has 0 atom stereocenters. The molecule has 4 aromatic rings. The van der Waals surface area contributed by atoms with Gasteiger partial charge in [0.2, 0.25) is 0 Å². The van der Waals surface area contributed by atoms with Crippen LogP contribution in [0.4, 0.5) is 0 Å². The second kappa shape index (κ2) is 6.86. The summed E-state index contributed by atoms with van der Waals surface area (Å²) in [5.41, 5.74) is 3.05. The van der Waals surface area contributed by atoms with Crippen molar-refractivity contribution in [2.24, 2.45) is 0 Å². The number of H-pyrrole nitrogens is 1. The average Bonchev–Trinajstić information content (AvgIpc) is 3.26. The minimum Gasteiger partial charge on any atom is -0.508 e. The summed E-state index contributed by atoms with van der Waals surface area (Å²) in [7, 11) is 0. The molecular weight excluding hydrogens is 368 g/mol. The number of aromatic amines is 1. The number of aromatic nitrogens is 1. The first kappa shape index (κ1) is 16.7. The molecule has 0 bridgehead atoms. The fourth-order valence-electron chi connectivity index (χ4n) is 2.95. The Morgan fingerprint density at radius 2 is 2.04 bits per heavy atom. The number of hydrogen-bond donors (Lipinski definition) is 3. The molecule has 4 nitrogen and oxygen atoms in total. The molecule has 6 heteroatoms. The lowest BCUT2D eigenvalue weighted by Crippen LogP contribution is -2.23. The van der Waals surface area contributed by atoms with Gasteiger partial charge < -0.3 is 15.4 Å². The highest BCUT2D eigenvalue weighted by molar-refractivity contribution is 7.13. The minimum atomic E-state index is -0.205. The van der Waals surface area contributed by atoms with E-state index in [1.807, 2.05) is 35.7 Å². The molecule has 26 heavy (non-hydrogen) atoms. The molecule has 0 unspecified atom stereocenters. The van der Waals surface area contributed by atoms with Crippen molar-refractivity contribution in [1.82, 2.24) is 10.3 Å². The van der Waals surface area contributed by atoms with Crippen molar-refractivity contribution in [2.45, 2.75) is 6.54 Å². The third kappa shape index (κ3) is 3.19. The van der Waals surface area contributed by atoms with Crippen LogP contribution < -0.4 is 5.32 Å². The molecule has 0 radical (unpaired) electrons. The van der Waals surface area contributed by atoms with Gasteiger partial charge in [-0.1, -0.05) is 29.8 Å². The number of carbonyl (C=O) groups excluding carboxylic acids is 1. The van der Waals surface area contributed by atoms with Gasteiger partial charge in [0, 0.05) is 32.9 Å². The number of hydrogen-bond acceptors (Lipinski definition) is 3. The molecule has 0 fully saturated rings. The number of aromatic hydroxyl groups is 1. The zero-order valence-electron chi connectivity index (χ0n) is 13.6. The van der Waals surface area contributed by atoms with Crippen molar-refractivity contribution < 1.29 is 9.90 Å². The Kier molecular flexibility index (Phi) is 4.41. The summed E-state index contributed by atoms with van der Waals surface area (Å²) in [5, 5.41) is 16.0. The highest BCUT2D eigenvalue weighted by atomic mass is 35.5. The van der Waals surface area contributed by atoms with E-state index in [4.69, 9.17) is 11.6 Å². The molecular formula is C20H15ClN2O2S. The molecule has 130 valence electrons. The van der Waals surface area contributed by atoms with E-state index in [1.54, 1.807) is 35.6 Å². The quantitative estimate of drug-likeness (QED) is 0.455. The Balaban J connectivity index is 1.71. The third-order valence-corrected chi connectivity index (χ3v) is 5.24. The Morgan fingerprint density at radius 3 is 2.81 bits per heavy atom. The second-order valence-electron chi connectivity index (χ2n) is 5.89. The van der Waals surface area contributed by atoms with Gasteiger partial charge in [-0.2, -0.15) is 0 Å². The number of thiophene rings is 1. The van der Waals surface area contributed by atoms with E-state index < -0.39 is 0 Å². The first-order valence-corrected chi connectivity index (χ1v) is 9.29. The van der Waals surface area contributed by atoms with Crippen molar-refractivity contribution in [2.75, 3.05) is 0 Å². The Morgan fingerprint density at radius 1 is 1.15 bits per heavy atom. The van der Waals surface area contributed by atoms with Crippen LogP contribution in [0.1, 0.15) is 16.1 Å². The van der Waals surface area contributed by atoms with Crippen molar-refractivity contribution in [3.63, 3.8) is 0 Å². The van der Waals surface area contributed by atoms with Crippen molar-refractivity contribution in [3.05, 3.63) is 76.3 Å². The Labute approximate surface area is 159 Å². The number of phenolic OH excluding ortho intramolecular Hbond substituents is 1. The van der Waals surface area contributed by atoms with Gasteiger partial charge >= 0.3 is 0 Å². The molecule has 0 aliphatic carbocycles. The maximum Gasteiger partial charge on any atom is 0.268 e. The lowest BCUT2D eigenvalue weighted by atomic mass is 10.1. The molecule has 4 rings (SSSR count). The van der Waals surface area contributed by atoms with E-state index in [0.29, 0.717) is 17.3 Å². The lowest BCUT2D eigenvalue weighted by molar-refractivity contribution is 0.0947. The minimum absolute atomic E-state index is 0.177. The highest BCUT2D eigenvalue weighted by Gasteiger charge is 2.20. The van der Waals surface area contributed by atoms with Gasteiger partial charge in [0.1, 0.15) is 11.4 Å². The van der Waals surface area contributed by atoms with Crippen molar-refractivity contribution in [1.29, 1.82) is 0 Å². The van der Waals surface area contributed by atoms with Gasteiger partial charge in [0.25, 0.3) is 5.91 Å². The van der Waals surface area contributed by atoms with Crippen LogP contribution in [0.15, 0.2) is 60.0 Å². The maximum absolute atomic E-state index is 12.8. The number of carbonyl (C=O) groups is 1. The van der Waals surface area contributed by atoms with Crippen molar-refractivity contribution in [3.8, 4) is 16.2 Å². The summed E-state index contributed by atoms with van der Waals surface area (Å²) in [6.45, 7) is 0.327. The largest absolute Gasteiger partial charge is 0.508 e. The number of halogens is 1. The fourth-order valence-corrected chi connectivity index (χ4v) is 3.91. The highest BCUT2D eigenvalue weighted by Crippen LogP contribution is 2.36. The normalized spacial score (nSPS) is 11.0. The lowest BCUT2D eigenvalue weighted by Gasteiger charge is -2.06. The van der Waals surface area contributed by atoms with Gasteiger partial charge in [-0.15, -0.1) is 11.3 Å². The molecule has 2 aromatic heterocycles. The molecule has 2 heterocycles. The number of rotatable bonds is 4. The first-order chi connectivity index (χ1) is 12.6. The fraction of sp³-hybridized carbons (Fsp3) is 0.0500. The SMILES string of the molecule is O=C(NCc1cccc(O)c1)c1[nH]c2ccc(Cl)cc2c1-c1cccs1. The van der Waals surface area contributed by atoms with E-state index in [0.717, 1.165) is 26.9 Å². The number of benzene rings is 2. The predicted molar refractivity (Wildman–Crippen MR) is 106 cm³/mol. The summed E-state index contributed by atoms with van der Waals surface area (Å²) in [6.07, 6.45) is 0. The topological polar surface area (TPSA) is 65.1 Å². The van der Waals surface area contributed by atoms with Crippen LogP contribution in [0.2, 0.25) is 5.02 Å². The van der Waals surface area contributed by atoms with Crippen LogP contribution in [0, 0.1) is 0 Å². The molecule has 1 amide bonds. The molecule has 2 aromatic carbocycles. The van der Waals surface area contributed by atoms with Gasteiger partial charge in [-0.3, -0.25) is 4.79 Å². The van der Waals surface area contributed by atoms with E-state index in [2.05, 4.69) is 10.3 Å². The zero-order valence-corrected chi connectivity index (χ0v) is 15.2. The maximum atomic E-state index is 12.8. The summed E-state index contributed by atoms with van der Waals surface area (Å²) >= 11 is 7.74. The smallest absolute Gasteiger partial charge is 0.268 e. The zero-order chi connectivity index (χ0) is 18.1. The molecule has 0 aliphatic rings. The van der Waals surface area contributed by atoms with Crippen LogP contribution in [0.5, 0.6) is 5.75 Å². The van der Waals surface area contributed by atoms with Crippen LogP contribution in [0.3, 0.4) is 0 Å². The van der Waals surface area contributed by atoms with Gasteiger partial charge in [0.05, 0.1) is 0 Å². The third-order valence-electron chi connectivity index (χ3n) is 4.12. The van der Waals surface area contributed by atoms with E-state index in [-0.39, 0.29) is 11.7 Å². The standard InChI is InChI=1S/C20H15ClN2O2S/c21-13-6-7-16-15(10-13)18(17-5-2-8-26-17)19(23-16)20(25)22-11-12-3-1-4-14(24)9-12/h1-10,23-24H,11H2,(H,22,25). The van der Waals surface area contributed by atoms with Crippen LogP contribution >= 0.6 is 22.9 Å². The Hall–Kier alpha value is -2.76. The molecule has 0 saturated heterocycles. The molecule has 0 spiro atoms. The number of phenols is 1. The van der Waals surface area contributed by atoms with E-state index in [1.165, 1.54) is 0 Å². The predicted octanol–water partition coefficient (Wildman–Crippen LogP) is 5.19. The van der Waals surface area contributed by atoms with Gasteiger partial charge in [-0.05, 0) is 47.3 Å². The first-order valence-electron chi connectivity index (χ1n) is 8.03. The molecule has 0 saturated carbocycles. The van der Waals surface area contributed by atoms with E-state index >= 15 is 0 Å². The number of nitrogens with one attached hydrogen (secondary N) is 2. The summed E-state index contributed by atoms with van der Waals surface area (Å²) < 4.78 is 0. The summed E-state index contributed by atoms with van der Waals surface area (Å²) in [4.78, 5) is 17.1. The summed E-state index contributed by atoms with van der Waals surface area (Å²) in [5.74, 6) is -0.0275. The monoisotopic (exact) mass is 382 g/mol. The second-order valence-corrected chi connectivity index (χ2v) is 7.28.